The van der Waals surface area contributed by atoms with Crippen LogP contribution in [0.25, 0.3) is 0 Å². The van der Waals surface area contributed by atoms with Crippen molar-refractivity contribution in [1.29, 1.82) is 0 Å². The first kappa shape index (κ1) is 36.6. The fourth-order valence-electron chi connectivity index (χ4n) is 4.93. The Labute approximate surface area is 247 Å². The summed E-state index contributed by atoms with van der Waals surface area (Å²) in [5, 5.41) is 0. The van der Waals surface area contributed by atoms with Gasteiger partial charge in [-0.2, -0.15) is 0 Å². The summed E-state index contributed by atoms with van der Waals surface area (Å²) in [6.07, 6.45) is 28.7. The zero-order chi connectivity index (χ0) is 25.6. The molecule has 0 unspecified atom stereocenters. The van der Waals surface area contributed by atoms with Gasteiger partial charge in [-0.3, -0.25) is 0 Å². The molecule has 0 heterocycles. The van der Waals surface area contributed by atoms with Crippen molar-refractivity contribution in [3.05, 3.63) is 29.3 Å². The van der Waals surface area contributed by atoms with E-state index in [4.69, 9.17) is 29.0 Å². The summed E-state index contributed by atoms with van der Waals surface area (Å²) in [7, 11) is 0. The van der Waals surface area contributed by atoms with Crippen molar-refractivity contribution >= 4 is 30.3 Å². The van der Waals surface area contributed by atoms with Crippen LogP contribution in [0, 0.1) is 0 Å². The van der Waals surface area contributed by atoms with Crippen molar-refractivity contribution in [1.82, 2.24) is 0 Å². The van der Waals surface area contributed by atoms with E-state index in [0.29, 0.717) is 5.75 Å². The van der Waals surface area contributed by atoms with Gasteiger partial charge in [0.1, 0.15) is 5.75 Å². The van der Waals surface area contributed by atoms with Crippen molar-refractivity contribution in [2.75, 3.05) is 0 Å². The molecule has 0 aliphatic heterocycles. The van der Waals surface area contributed by atoms with Gasteiger partial charge in [-0.05, 0) is 48.6 Å². The molecule has 0 aromatic heterocycles. The molecule has 0 spiro atoms. The maximum Gasteiger partial charge on any atom is 2.00 e. The third-order valence-electron chi connectivity index (χ3n) is 7.02. The van der Waals surface area contributed by atoms with E-state index >= 15 is 0 Å². The zero-order valence-corrected chi connectivity index (χ0v) is 29.1. The van der Waals surface area contributed by atoms with Gasteiger partial charge in [0.05, 0.1) is 0 Å². The number of benzene rings is 1. The molecule has 0 aliphatic carbocycles. The van der Waals surface area contributed by atoms with E-state index in [1.807, 2.05) is 12.1 Å². The molecule has 0 saturated heterocycles. The molecule has 0 radical (unpaired) electrons. The summed E-state index contributed by atoms with van der Waals surface area (Å²) in [5.74, 6) is -2.72. The monoisotopic (exact) mass is 604 g/mol. The molecule has 2 nitrogen and oxygen atoms in total. The quantitative estimate of drug-likeness (QED) is 0.0506. The molecule has 1 aromatic rings. The molecule has 0 fully saturated rings. The molecule has 0 atom stereocenters. The zero-order valence-electron chi connectivity index (χ0n) is 23.6. The molecule has 0 N–H and O–H groups in total. The van der Waals surface area contributed by atoms with Crippen LogP contribution in [0.15, 0.2) is 18.2 Å². The van der Waals surface area contributed by atoms with E-state index < -0.39 is 5.77 Å². The van der Waals surface area contributed by atoms with Crippen LogP contribution in [-0.4, -0.2) is 0 Å². The average molecular weight is 606 g/mol. The van der Waals surface area contributed by atoms with Crippen LogP contribution in [0.1, 0.15) is 153 Å². The third-order valence-corrected chi connectivity index (χ3v) is 7.89. The maximum absolute atomic E-state index is 12.0. The first-order valence-electron chi connectivity index (χ1n) is 14.8. The van der Waals surface area contributed by atoms with E-state index in [2.05, 4.69) is 19.9 Å². The van der Waals surface area contributed by atoms with Gasteiger partial charge < -0.3 is 33.6 Å². The molecular formula is C30H53O2PS2Zn. The van der Waals surface area contributed by atoms with E-state index in [1.54, 1.807) is 0 Å². The third kappa shape index (κ3) is 20.5. The van der Waals surface area contributed by atoms with Gasteiger partial charge in [-0.15, -0.1) is 0 Å². The fraction of sp³-hybridized carbons (Fsp3) is 0.800. The smallest absolute Gasteiger partial charge is 0.702 e. The Kier molecular flexibility index (Phi) is 25.0. The molecular weight excluding hydrogens is 553 g/mol. The van der Waals surface area contributed by atoms with E-state index in [-0.39, 0.29) is 19.5 Å². The molecule has 0 saturated carbocycles. The van der Waals surface area contributed by atoms with Gasteiger partial charge in [-0.1, -0.05) is 142 Å². The number of unbranched alkanes of at least 4 members (excludes halogenated alkanes) is 18. The number of hydrogen-bond acceptors (Lipinski definition) is 4. The van der Waals surface area contributed by atoms with Crippen molar-refractivity contribution in [3.8, 4) is 5.75 Å². The van der Waals surface area contributed by atoms with Gasteiger partial charge in [0.15, 0.2) is 0 Å². The topological polar surface area (TPSA) is 26.3 Å². The summed E-state index contributed by atoms with van der Waals surface area (Å²) in [5.41, 5.74) is 2.52. The van der Waals surface area contributed by atoms with Crippen LogP contribution in [0.5, 0.6) is 5.75 Å². The second-order valence-corrected chi connectivity index (χ2v) is 15.0. The molecule has 0 amide bonds. The number of hydrogen-bond donors (Lipinski definition) is 0. The van der Waals surface area contributed by atoms with Crippen molar-refractivity contribution < 1.29 is 28.6 Å². The minimum Gasteiger partial charge on any atom is -0.702 e. The molecule has 0 bridgehead atoms. The molecule has 1 rings (SSSR count). The van der Waals surface area contributed by atoms with Crippen LogP contribution in [0.4, 0.5) is 0 Å². The predicted octanol–water partition coefficient (Wildman–Crippen LogP) is 11.2. The second kappa shape index (κ2) is 24.6. The van der Waals surface area contributed by atoms with Crippen LogP contribution in [0.2, 0.25) is 0 Å². The van der Waals surface area contributed by atoms with Crippen LogP contribution in [-0.2, 0) is 61.4 Å². The SMILES string of the molecule is CCCCCCCCCCCCc1cccc(OP(=O)([S-])[S-])c1CCCCCCCCCCCC.[Zn+2]. The summed E-state index contributed by atoms with van der Waals surface area (Å²) in [4.78, 5) is 0. The predicted molar refractivity (Wildman–Crippen MR) is 161 cm³/mol. The van der Waals surface area contributed by atoms with Gasteiger partial charge in [0.2, 0.25) is 0 Å². The van der Waals surface area contributed by atoms with Gasteiger partial charge in [0, 0.05) is 0 Å². The molecule has 0 aliphatic rings. The molecule has 1 aromatic carbocycles. The first-order chi connectivity index (χ1) is 17.0. The Morgan fingerprint density at radius 3 is 1.42 bits per heavy atom. The van der Waals surface area contributed by atoms with Crippen LogP contribution < -0.4 is 4.52 Å². The molecule has 6 heteroatoms. The Morgan fingerprint density at radius 2 is 1.00 bits per heavy atom. The normalized spacial score (nSPS) is 11.4. The second-order valence-electron chi connectivity index (χ2n) is 10.3. The maximum atomic E-state index is 12.0. The van der Waals surface area contributed by atoms with E-state index in [0.717, 1.165) is 19.3 Å². The minimum absolute atomic E-state index is 0. The number of aryl methyl sites for hydroxylation is 1. The largest absolute Gasteiger partial charge is 2.00 e. The summed E-state index contributed by atoms with van der Waals surface area (Å²) < 4.78 is 17.6. The van der Waals surface area contributed by atoms with Gasteiger partial charge in [-0.25, -0.2) is 0 Å². The van der Waals surface area contributed by atoms with Gasteiger partial charge in [0.25, 0.3) is 0 Å². The van der Waals surface area contributed by atoms with Crippen molar-refractivity contribution in [2.45, 2.75) is 155 Å². The summed E-state index contributed by atoms with van der Waals surface area (Å²) in [6, 6.07) is 6.12. The summed E-state index contributed by atoms with van der Waals surface area (Å²) in [6.45, 7) is 4.55. The minimum atomic E-state index is -3.39. The standard InChI is InChI=1S/C30H55O2PS2.Zn/c1-3-5-7-9-11-13-15-17-19-21-24-28-25-23-27-30(32-33(31,34)35)29(28)26-22-20-18-16-14-12-10-8-6-4-2;/h23,25,27H,3-22,24,26H2,1-2H3,(H2,31,34,35);/q;+2/p-2. The van der Waals surface area contributed by atoms with Crippen LogP contribution >= 0.6 is 5.77 Å². The van der Waals surface area contributed by atoms with E-state index in [9.17, 15) is 4.57 Å². The van der Waals surface area contributed by atoms with Crippen molar-refractivity contribution in [2.24, 2.45) is 0 Å². The van der Waals surface area contributed by atoms with E-state index in [1.165, 1.54) is 133 Å². The van der Waals surface area contributed by atoms with Gasteiger partial charge >= 0.3 is 19.5 Å². The molecule has 36 heavy (non-hydrogen) atoms. The Morgan fingerprint density at radius 1 is 0.611 bits per heavy atom. The van der Waals surface area contributed by atoms with Crippen molar-refractivity contribution in [3.63, 3.8) is 0 Å². The molecule has 204 valence electrons. The Hall–Kier alpha value is 0.573. The summed E-state index contributed by atoms with van der Waals surface area (Å²) >= 11 is 9.84. The fourth-order valence-corrected chi connectivity index (χ4v) is 5.82. The Balaban J connectivity index is 0.0000122. The Bertz CT molecular complexity index is 681. The average Bonchev–Trinajstić information content (AvgIpc) is 2.81. The first-order valence-corrected chi connectivity index (χ1v) is 18.5. The number of rotatable bonds is 24. The van der Waals surface area contributed by atoms with Crippen LogP contribution in [0.3, 0.4) is 0 Å².